The van der Waals surface area contributed by atoms with Crippen molar-refractivity contribution in [2.75, 3.05) is 12.0 Å². The molecule has 0 fully saturated rings. The first-order chi connectivity index (χ1) is 11.7. The van der Waals surface area contributed by atoms with Crippen LogP contribution in [0, 0.1) is 0 Å². The number of pyridine rings is 1. The fourth-order valence-electron chi connectivity index (χ4n) is 2.48. The van der Waals surface area contributed by atoms with Gasteiger partial charge < -0.3 is 5.32 Å². The van der Waals surface area contributed by atoms with Crippen LogP contribution in [0.2, 0.25) is 5.02 Å². The standard InChI is InChI=1S/C17H17ClN4OS/c1-24-11-9-14(16-21-20-15-8-4-5-10-22(15)16)19-17(23)12-6-2-3-7-13(12)18/h2-8,10,14H,9,11H2,1H3,(H,19,23)/t14-/m0/s1. The van der Waals surface area contributed by atoms with Gasteiger partial charge in [-0.1, -0.05) is 29.8 Å². The molecule has 0 aliphatic rings. The second kappa shape index (κ2) is 7.68. The summed E-state index contributed by atoms with van der Waals surface area (Å²) in [6, 6.07) is 12.5. The van der Waals surface area contributed by atoms with E-state index in [0.29, 0.717) is 10.6 Å². The number of carbonyl (C=O) groups excluding carboxylic acids is 1. The zero-order chi connectivity index (χ0) is 16.9. The molecule has 5 nitrogen and oxygen atoms in total. The van der Waals surface area contributed by atoms with Gasteiger partial charge in [0.2, 0.25) is 0 Å². The zero-order valence-corrected chi connectivity index (χ0v) is 14.7. The Morgan fingerprint density at radius 3 is 2.83 bits per heavy atom. The number of fused-ring (bicyclic) bond motifs is 1. The molecule has 24 heavy (non-hydrogen) atoms. The number of thioether (sulfide) groups is 1. The lowest BCUT2D eigenvalue weighted by Crippen LogP contribution is -2.30. The number of halogens is 1. The first kappa shape index (κ1) is 16.8. The van der Waals surface area contributed by atoms with E-state index in [1.165, 1.54) is 0 Å². The number of benzene rings is 1. The van der Waals surface area contributed by atoms with Gasteiger partial charge in [0.05, 0.1) is 16.6 Å². The Balaban J connectivity index is 1.89. The summed E-state index contributed by atoms with van der Waals surface area (Å²) in [5, 5.41) is 11.9. The molecular weight excluding hydrogens is 344 g/mol. The van der Waals surface area contributed by atoms with Gasteiger partial charge in [-0.3, -0.25) is 9.20 Å². The highest BCUT2D eigenvalue weighted by Gasteiger charge is 2.21. The predicted molar refractivity (Wildman–Crippen MR) is 97.6 cm³/mol. The van der Waals surface area contributed by atoms with Crippen LogP contribution >= 0.6 is 23.4 Å². The summed E-state index contributed by atoms with van der Waals surface area (Å²) in [6.07, 6.45) is 4.69. The fraction of sp³-hybridized carbons (Fsp3) is 0.235. The van der Waals surface area contributed by atoms with E-state index < -0.39 is 0 Å². The first-order valence-electron chi connectivity index (χ1n) is 7.54. The van der Waals surface area contributed by atoms with Crippen molar-refractivity contribution in [1.29, 1.82) is 0 Å². The Labute approximate surface area is 149 Å². The molecule has 0 saturated heterocycles. The topological polar surface area (TPSA) is 59.3 Å². The molecule has 1 aromatic carbocycles. The number of aromatic nitrogens is 3. The summed E-state index contributed by atoms with van der Waals surface area (Å²) < 4.78 is 1.90. The Kier molecular flexibility index (Phi) is 5.37. The second-order valence-electron chi connectivity index (χ2n) is 5.27. The van der Waals surface area contributed by atoms with Crippen LogP contribution in [-0.2, 0) is 0 Å². The molecular formula is C17H17ClN4OS. The van der Waals surface area contributed by atoms with Crippen molar-refractivity contribution >= 4 is 34.9 Å². The van der Waals surface area contributed by atoms with Crippen LogP contribution < -0.4 is 5.32 Å². The predicted octanol–water partition coefficient (Wildman–Crippen LogP) is 3.61. The maximum Gasteiger partial charge on any atom is 0.253 e. The van der Waals surface area contributed by atoms with Crippen LogP contribution in [0.15, 0.2) is 48.7 Å². The van der Waals surface area contributed by atoms with Crippen molar-refractivity contribution in [2.45, 2.75) is 12.5 Å². The van der Waals surface area contributed by atoms with Gasteiger partial charge in [0.25, 0.3) is 5.91 Å². The summed E-state index contributed by atoms with van der Waals surface area (Å²) in [5.41, 5.74) is 1.22. The average Bonchev–Trinajstić information content (AvgIpc) is 3.03. The number of carbonyl (C=O) groups is 1. The lowest BCUT2D eigenvalue weighted by atomic mass is 10.1. The van der Waals surface area contributed by atoms with Crippen molar-refractivity contribution in [1.82, 2.24) is 19.9 Å². The summed E-state index contributed by atoms with van der Waals surface area (Å²) in [4.78, 5) is 12.6. The van der Waals surface area contributed by atoms with E-state index in [-0.39, 0.29) is 11.9 Å². The van der Waals surface area contributed by atoms with E-state index in [9.17, 15) is 4.79 Å². The molecule has 0 saturated carbocycles. The Hall–Kier alpha value is -2.05. The van der Waals surface area contributed by atoms with Gasteiger partial charge >= 0.3 is 0 Å². The van der Waals surface area contributed by atoms with Gasteiger partial charge in [0, 0.05) is 6.20 Å². The minimum atomic E-state index is -0.237. The van der Waals surface area contributed by atoms with Crippen LogP contribution in [0.3, 0.4) is 0 Å². The van der Waals surface area contributed by atoms with Gasteiger partial charge in [0.15, 0.2) is 11.5 Å². The van der Waals surface area contributed by atoms with Crippen LogP contribution in [-0.4, -0.2) is 32.5 Å². The summed E-state index contributed by atoms with van der Waals surface area (Å²) in [6.45, 7) is 0. The highest BCUT2D eigenvalue weighted by atomic mass is 35.5. The number of rotatable bonds is 6. The summed E-state index contributed by atoms with van der Waals surface area (Å²) >= 11 is 7.85. The van der Waals surface area contributed by atoms with Gasteiger partial charge in [-0.15, -0.1) is 10.2 Å². The zero-order valence-electron chi connectivity index (χ0n) is 13.1. The number of hydrogen-bond acceptors (Lipinski definition) is 4. The maximum absolute atomic E-state index is 12.6. The van der Waals surface area contributed by atoms with Gasteiger partial charge in [-0.05, 0) is 42.7 Å². The number of nitrogens with zero attached hydrogens (tertiary/aromatic N) is 3. The third-order valence-corrected chi connectivity index (χ3v) is 4.66. The normalized spacial score (nSPS) is 12.2. The maximum atomic E-state index is 12.6. The number of hydrogen-bond donors (Lipinski definition) is 1. The van der Waals surface area contributed by atoms with Crippen LogP contribution in [0.1, 0.15) is 28.6 Å². The molecule has 2 aromatic heterocycles. The molecule has 1 atom stereocenters. The highest BCUT2D eigenvalue weighted by Crippen LogP contribution is 2.21. The third kappa shape index (κ3) is 3.55. The van der Waals surface area contributed by atoms with E-state index in [0.717, 1.165) is 23.6 Å². The van der Waals surface area contributed by atoms with Gasteiger partial charge in [0.1, 0.15) is 0 Å². The number of amides is 1. The molecule has 1 amide bonds. The summed E-state index contributed by atoms with van der Waals surface area (Å²) in [5.74, 6) is 1.41. The molecule has 0 radical (unpaired) electrons. The molecule has 1 N–H and O–H groups in total. The van der Waals surface area contributed by atoms with E-state index in [1.807, 2.05) is 35.1 Å². The molecule has 0 aliphatic heterocycles. The minimum Gasteiger partial charge on any atom is -0.342 e. The van der Waals surface area contributed by atoms with Gasteiger partial charge in [-0.25, -0.2) is 0 Å². The smallest absolute Gasteiger partial charge is 0.253 e. The Morgan fingerprint density at radius 1 is 1.25 bits per heavy atom. The lowest BCUT2D eigenvalue weighted by Gasteiger charge is -2.17. The molecule has 3 aromatic rings. The highest BCUT2D eigenvalue weighted by molar-refractivity contribution is 7.98. The monoisotopic (exact) mass is 360 g/mol. The Bertz CT molecular complexity index is 851. The van der Waals surface area contributed by atoms with Crippen LogP contribution in [0.5, 0.6) is 0 Å². The molecule has 0 bridgehead atoms. The van der Waals surface area contributed by atoms with E-state index >= 15 is 0 Å². The molecule has 2 heterocycles. The molecule has 0 aliphatic carbocycles. The Morgan fingerprint density at radius 2 is 2.04 bits per heavy atom. The molecule has 124 valence electrons. The minimum absolute atomic E-state index is 0.209. The largest absolute Gasteiger partial charge is 0.342 e. The molecule has 0 spiro atoms. The average molecular weight is 361 g/mol. The van der Waals surface area contributed by atoms with Crippen molar-refractivity contribution < 1.29 is 4.79 Å². The van der Waals surface area contributed by atoms with Crippen LogP contribution in [0.25, 0.3) is 5.65 Å². The lowest BCUT2D eigenvalue weighted by molar-refractivity contribution is 0.0934. The van der Waals surface area contributed by atoms with Crippen molar-refractivity contribution in [2.24, 2.45) is 0 Å². The fourth-order valence-corrected chi connectivity index (χ4v) is 3.17. The van der Waals surface area contributed by atoms with E-state index in [2.05, 4.69) is 15.5 Å². The quantitative estimate of drug-likeness (QED) is 0.729. The molecule has 0 unspecified atom stereocenters. The SMILES string of the molecule is CSCC[C@H](NC(=O)c1ccccc1Cl)c1nnc2ccccn12. The third-order valence-electron chi connectivity index (χ3n) is 3.69. The molecule has 3 rings (SSSR count). The van der Waals surface area contributed by atoms with Crippen molar-refractivity contribution in [3.05, 3.63) is 65.1 Å². The van der Waals surface area contributed by atoms with Crippen molar-refractivity contribution in [3.63, 3.8) is 0 Å². The number of nitrogens with one attached hydrogen (secondary N) is 1. The van der Waals surface area contributed by atoms with E-state index in [1.54, 1.807) is 36.0 Å². The second-order valence-corrected chi connectivity index (χ2v) is 6.67. The van der Waals surface area contributed by atoms with Crippen molar-refractivity contribution in [3.8, 4) is 0 Å². The van der Waals surface area contributed by atoms with Gasteiger partial charge in [-0.2, -0.15) is 11.8 Å². The van der Waals surface area contributed by atoms with Crippen LogP contribution in [0.4, 0.5) is 0 Å². The summed E-state index contributed by atoms with van der Waals surface area (Å²) in [7, 11) is 0. The molecule has 7 heteroatoms. The van der Waals surface area contributed by atoms with E-state index in [4.69, 9.17) is 11.6 Å². The first-order valence-corrected chi connectivity index (χ1v) is 9.32.